The van der Waals surface area contributed by atoms with E-state index < -0.39 is 11.8 Å². The van der Waals surface area contributed by atoms with Gasteiger partial charge in [0.25, 0.3) is 0 Å². The second-order valence-electron chi connectivity index (χ2n) is 4.97. The number of benzene rings is 1. The summed E-state index contributed by atoms with van der Waals surface area (Å²) in [6.07, 6.45) is 3.00. The number of nitrogens with zero attached hydrogens (tertiary/aromatic N) is 4. The topological polar surface area (TPSA) is 59.7 Å². The molecule has 0 unspecified atom stereocenters. The Hall–Kier alpha value is -2.67. The number of carbonyl (C=O) groups is 1. The molecule has 0 aliphatic carbocycles. The highest BCUT2D eigenvalue weighted by molar-refractivity contribution is 6.33. The van der Waals surface area contributed by atoms with Crippen molar-refractivity contribution in [2.45, 2.75) is 6.92 Å². The Morgan fingerprint density at radius 3 is 2.92 bits per heavy atom. The Kier molecular flexibility index (Phi) is 4.35. The van der Waals surface area contributed by atoms with Crippen molar-refractivity contribution in [3.05, 3.63) is 53.1 Å². The molecule has 0 spiro atoms. The van der Waals surface area contributed by atoms with Gasteiger partial charge in [-0.05, 0) is 25.1 Å². The van der Waals surface area contributed by atoms with Gasteiger partial charge in [-0.1, -0.05) is 11.6 Å². The number of rotatable bonds is 4. The Morgan fingerprint density at radius 1 is 1.42 bits per heavy atom. The number of anilines is 2. The molecule has 24 heavy (non-hydrogen) atoms. The lowest BCUT2D eigenvalue weighted by Crippen LogP contribution is -2.20. The van der Waals surface area contributed by atoms with Gasteiger partial charge in [0.05, 0.1) is 23.5 Å². The van der Waals surface area contributed by atoms with Gasteiger partial charge in [-0.3, -0.25) is 0 Å². The fraction of sp³-hybridized carbons (Fsp3) is 0.188. The average molecular weight is 349 g/mol. The highest BCUT2D eigenvalue weighted by Crippen LogP contribution is 2.33. The zero-order chi connectivity index (χ0) is 17.3. The lowest BCUT2D eigenvalue weighted by atomic mass is 10.2. The van der Waals surface area contributed by atoms with Crippen LogP contribution in [0.2, 0.25) is 5.02 Å². The number of fused-ring (bicyclic) bond motifs is 1. The van der Waals surface area contributed by atoms with Gasteiger partial charge in [-0.25, -0.2) is 14.2 Å². The van der Waals surface area contributed by atoms with Crippen molar-refractivity contribution >= 4 is 34.7 Å². The van der Waals surface area contributed by atoms with Gasteiger partial charge < -0.3 is 9.64 Å². The smallest absolute Gasteiger partial charge is 0.343 e. The van der Waals surface area contributed by atoms with Crippen LogP contribution in [0.1, 0.15) is 17.3 Å². The zero-order valence-electron chi connectivity index (χ0n) is 13.0. The summed E-state index contributed by atoms with van der Waals surface area (Å²) in [5.74, 6) is -0.541. The molecule has 0 amide bonds. The molecule has 0 saturated heterocycles. The molecule has 3 aromatic rings. The monoisotopic (exact) mass is 348 g/mol. The first-order valence-corrected chi connectivity index (χ1v) is 7.59. The summed E-state index contributed by atoms with van der Waals surface area (Å²) in [7, 11) is 1.71. The molecule has 0 aliphatic rings. The molecule has 0 N–H and O–H groups in total. The number of esters is 1. The minimum atomic E-state index is -0.525. The minimum absolute atomic E-state index is 0.212. The molecule has 0 atom stereocenters. The molecule has 0 radical (unpaired) electrons. The summed E-state index contributed by atoms with van der Waals surface area (Å²) in [5.41, 5.74) is 1.31. The van der Waals surface area contributed by atoms with E-state index in [0.29, 0.717) is 17.2 Å². The number of aromatic nitrogens is 3. The predicted octanol–water partition coefficient (Wildman–Crippen LogP) is 3.47. The van der Waals surface area contributed by atoms with E-state index in [0.717, 1.165) is 0 Å². The maximum atomic E-state index is 13.3. The molecule has 0 fully saturated rings. The van der Waals surface area contributed by atoms with Crippen molar-refractivity contribution in [2.75, 3.05) is 18.6 Å². The van der Waals surface area contributed by atoms with Gasteiger partial charge in [0.2, 0.25) is 0 Å². The van der Waals surface area contributed by atoms with Crippen LogP contribution in [0.15, 0.2) is 36.7 Å². The van der Waals surface area contributed by atoms with E-state index in [1.807, 2.05) is 0 Å². The third-order valence-electron chi connectivity index (χ3n) is 3.47. The van der Waals surface area contributed by atoms with E-state index in [1.165, 1.54) is 28.9 Å². The summed E-state index contributed by atoms with van der Waals surface area (Å²) in [6.45, 7) is 1.95. The Morgan fingerprint density at radius 2 is 2.21 bits per heavy atom. The number of ether oxygens (including phenoxy) is 1. The first kappa shape index (κ1) is 16.2. The van der Waals surface area contributed by atoms with Gasteiger partial charge in [-0.2, -0.15) is 9.61 Å². The number of hydrogen-bond donors (Lipinski definition) is 0. The summed E-state index contributed by atoms with van der Waals surface area (Å²) in [4.78, 5) is 18.1. The van der Waals surface area contributed by atoms with Gasteiger partial charge in [0.1, 0.15) is 11.4 Å². The van der Waals surface area contributed by atoms with Crippen LogP contribution in [0, 0.1) is 5.82 Å². The average Bonchev–Trinajstić information content (AvgIpc) is 3.02. The van der Waals surface area contributed by atoms with Crippen molar-refractivity contribution < 1.29 is 13.9 Å². The maximum absolute atomic E-state index is 13.3. The number of halogens is 2. The molecule has 8 heteroatoms. The Balaban J connectivity index is 2.20. The van der Waals surface area contributed by atoms with Gasteiger partial charge in [-0.15, -0.1) is 0 Å². The minimum Gasteiger partial charge on any atom is -0.462 e. The van der Waals surface area contributed by atoms with E-state index in [2.05, 4.69) is 10.1 Å². The van der Waals surface area contributed by atoms with E-state index >= 15 is 0 Å². The second kappa shape index (κ2) is 6.45. The SMILES string of the molecule is CCOC(=O)c1cnc2ccnn2c1N(C)c1ccc(F)cc1Cl. The predicted molar refractivity (Wildman–Crippen MR) is 88.4 cm³/mol. The zero-order valence-corrected chi connectivity index (χ0v) is 13.8. The summed E-state index contributed by atoms with van der Waals surface area (Å²) < 4.78 is 19.9. The summed E-state index contributed by atoms with van der Waals surface area (Å²) in [5, 5.41) is 4.42. The summed E-state index contributed by atoms with van der Waals surface area (Å²) >= 11 is 6.15. The van der Waals surface area contributed by atoms with Crippen molar-refractivity contribution in [1.29, 1.82) is 0 Å². The lowest BCUT2D eigenvalue weighted by molar-refractivity contribution is 0.0526. The van der Waals surface area contributed by atoms with Crippen molar-refractivity contribution in [3.8, 4) is 0 Å². The quantitative estimate of drug-likeness (QED) is 0.676. The molecule has 124 valence electrons. The second-order valence-corrected chi connectivity index (χ2v) is 5.38. The first-order chi connectivity index (χ1) is 11.5. The first-order valence-electron chi connectivity index (χ1n) is 7.21. The van der Waals surface area contributed by atoms with Gasteiger partial charge in [0, 0.05) is 19.3 Å². The van der Waals surface area contributed by atoms with E-state index in [9.17, 15) is 9.18 Å². The largest absolute Gasteiger partial charge is 0.462 e. The molecule has 1 aromatic carbocycles. The van der Waals surface area contributed by atoms with E-state index in [4.69, 9.17) is 16.3 Å². The standard InChI is InChI=1S/C16H14ClFN4O2/c1-3-24-16(23)11-9-19-14-6-7-20-22(14)15(11)21(2)13-5-4-10(18)8-12(13)17/h4-9H,3H2,1-2H3. The highest BCUT2D eigenvalue weighted by atomic mass is 35.5. The third kappa shape index (κ3) is 2.78. The van der Waals surface area contributed by atoms with Crippen LogP contribution >= 0.6 is 11.6 Å². The Bertz CT molecular complexity index is 912. The van der Waals surface area contributed by atoms with Crippen molar-refractivity contribution in [1.82, 2.24) is 14.6 Å². The molecular weight excluding hydrogens is 335 g/mol. The highest BCUT2D eigenvalue weighted by Gasteiger charge is 2.22. The molecular formula is C16H14ClFN4O2. The van der Waals surface area contributed by atoms with Gasteiger partial charge in [0.15, 0.2) is 11.5 Å². The fourth-order valence-corrected chi connectivity index (χ4v) is 2.70. The van der Waals surface area contributed by atoms with Gasteiger partial charge >= 0.3 is 5.97 Å². The molecule has 6 nitrogen and oxygen atoms in total. The van der Waals surface area contributed by atoms with Crippen LogP contribution in [-0.2, 0) is 4.74 Å². The van der Waals surface area contributed by atoms with Crippen LogP contribution in [0.25, 0.3) is 5.65 Å². The van der Waals surface area contributed by atoms with Crippen LogP contribution < -0.4 is 4.90 Å². The van der Waals surface area contributed by atoms with E-state index in [-0.39, 0.29) is 17.2 Å². The van der Waals surface area contributed by atoms with Crippen LogP contribution in [-0.4, -0.2) is 34.2 Å². The Labute approximate surface area is 142 Å². The normalized spacial score (nSPS) is 10.8. The molecule has 3 rings (SSSR count). The van der Waals surface area contributed by atoms with Crippen molar-refractivity contribution in [2.24, 2.45) is 0 Å². The lowest BCUT2D eigenvalue weighted by Gasteiger charge is -2.23. The molecule has 2 aromatic heterocycles. The van der Waals surface area contributed by atoms with Crippen LogP contribution in [0.4, 0.5) is 15.9 Å². The molecule has 0 saturated carbocycles. The molecule has 2 heterocycles. The van der Waals surface area contributed by atoms with E-state index in [1.54, 1.807) is 31.1 Å². The fourth-order valence-electron chi connectivity index (χ4n) is 2.40. The summed E-state index contributed by atoms with van der Waals surface area (Å²) in [6, 6.07) is 5.74. The molecule has 0 aliphatic heterocycles. The van der Waals surface area contributed by atoms with Crippen LogP contribution in [0.3, 0.4) is 0 Å². The third-order valence-corrected chi connectivity index (χ3v) is 3.78. The van der Waals surface area contributed by atoms with Crippen molar-refractivity contribution in [3.63, 3.8) is 0 Å². The van der Waals surface area contributed by atoms with Crippen LogP contribution in [0.5, 0.6) is 0 Å². The number of hydrogen-bond acceptors (Lipinski definition) is 5. The number of carbonyl (C=O) groups excluding carboxylic acids is 1. The molecule has 0 bridgehead atoms. The maximum Gasteiger partial charge on any atom is 0.343 e.